The van der Waals surface area contributed by atoms with Gasteiger partial charge < -0.3 is 20.5 Å². The number of aliphatic carboxylic acids is 1. The maximum absolute atomic E-state index is 12.7. The number of alkyl carbamates (subject to hydrolysis) is 1. The first-order chi connectivity index (χ1) is 17.0. The van der Waals surface area contributed by atoms with Crippen LogP contribution in [0.1, 0.15) is 62.0 Å². The van der Waals surface area contributed by atoms with Gasteiger partial charge in [-0.15, -0.1) is 0 Å². The lowest BCUT2D eigenvalue weighted by molar-refractivity contribution is -0.142. The van der Waals surface area contributed by atoms with E-state index in [1.807, 2.05) is 24.3 Å². The van der Waals surface area contributed by atoms with Gasteiger partial charge in [-0.25, -0.2) is 9.59 Å². The van der Waals surface area contributed by atoms with Crippen molar-refractivity contribution in [2.45, 2.75) is 62.9 Å². The fraction of sp³-hybridized carbons (Fsp3) is 0.464. The summed E-state index contributed by atoms with van der Waals surface area (Å²) in [7, 11) is 0. The SMILES string of the molecule is O=C(C[C@@H]1CCC[C@H]1NC(=O)OCC1c2ccccc2-c2ccccc21)N[C@@H](CC1CC1)C(=O)O. The molecule has 0 saturated heterocycles. The minimum Gasteiger partial charge on any atom is -0.480 e. The lowest BCUT2D eigenvalue weighted by atomic mass is 9.98. The largest absolute Gasteiger partial charge is 0.480 e. The van der Waals surface area contributed by atoms with Crippen LogP contribution in [-0.2, 0) is 14.3 Å². The number of fused-ring (bicyclic) bond motifs is 3. The van der Waals surface area contributed by atoms with E-state index in [0.717, 1.165) is 43.2 Å². The van der Waals surface area contributed by atoms with Crippen LogP contribution < -0.4 is 10.6 Å². The molecule has 0 spiro atoms. The maximum atomic E-state index is 12.7. The summed E-state index contributed by atoms with van der Waals surface area (Å²) in [5.41, 5.74) is 4.69. The summed E-state index contributed by atoms with van der Waals surface area (Å²) >= 11 is 0. The van der Waals surface area contributed by atoms with Crippen molar-refractivity contribution in [3.63, 3.8) is 0 Å². The number of hydrogen-bond donors (Lipinski definition) is 3. The summed E-state index contributed by atoms with van der Waals surface area (Å²) in [4.78, 5) is 36.7. The van der Waals surface area contributed by atoms with Crippen molar-refractivity contribution in [2.24, 2.45) is 11.8 Å². The molecule has 5 rings (SSSR count). The fourth-order valence-electron chi connectivity index (χ4n) is 5.66. The summed E-state index contributed by atoms with van der Waals surface area (Å²) in [6.07, 6.45) is 4.82. The molecule has 0 radical (unpaired) electrons. The highest BCUT2D eigenvalue weighted by atomic mass is 16.5. The second-order valence-corrected chi connectivity index (χ2v) is 10.1. The van der Waals surface area contributed by atoms with Crippen molar-refractivity contribution in [1.29, 1.82) is 0 Å². The van der Waals surface area contributed by atoms with Gasteiger partial charge in [0.25, 0.3) is 0 Å². The van der Waals surface area contributed by atoms with E-state index in [1.165, 1.54) is 11.1 Å². The molecule has 7 nitrogen and oxygen atoms in total. The van der Waals surface area contributed by atoms with Gasteiger partial charge in [0.15, 0.2) is 0 Å². The summed E-state index contributed by atoms with van der Waals surface area (Å²) < 4.78 is 5.67. The van der Waals surface area contributed by atoms with E-state index >= 15 is 0 Å². The molecule has 3 atom stereocenters. The highest BCUT2D eigenvalue weighted by molar-refractivity contribution is 5.84. The molecule has 7 heteroatoms. The molecule has 0 bridgehead atoms. The molecule has 3 aliphatic rings. The van der Waals surface area contributed by atoms with Gasteiger partial charge in [-0.3, -0.25) is 4.79 Å². The number of benzene rings is 2. The molecule has 2 fully saturated rings. The van der Waals surface area contributed by atoms with Gasteiger partial charge in [0.2, 0.25) is 5.91 Å². The van der Waals surface area contributed by atoms with Crippen molar-refractivity contribution in [3.8, 4) is 11.1 Å². The van der Waals surface area contributed by atoms with Crippen LogP contribution in [0.15, 0.2) is 48.5 Å². The Morgan fingerprint density at radius 2 is 1.60 bits per heavy atom. The van der Waals surface area contributed by atoms with E-state index < -0.39 is 18.1 Å². The van der Waals surface area contributed by atoms with Gasteiger partial charge in [0.1, 0.15) is 12.6 Å². The average molecular weight is 477 g/mol. The van der Waals surface area contributed by atoms with Crippen LogP contribution in [0, 0.1) is 11.8 Å². The normalized spacial score (nSPS) is 21.6. The first-order valence-electron chi connectivity index (χ1n) is 12.6. The Morgan fingerprint density at radius 3 is 2.23 bits per heavy atom. The summed E-state index contributed by atoms with van der Waals surface area (Å²) in [5.74, 6) is -0.858. The summed E-state index contributed by atoms with van der Waals surface area (Å²) in [6, 6.07) is 15.4. The van der Waals surface area contributed by atoms with Crippen LogP contribution in [0.25, 0.3) is 11.1 Å². The van der Waals surface area contributed by atoms with Gasteiger partial charge in [0, 0.05) is 18.4 Å². The molecule has 3 N–H and O–H groups in total. The average Bonchev–Trinajstić information content (AvgIpc) is 3.48. The van der Waals surface area contributed by atoms with Crippen molar-refractivity contribution in [2.75, 3.05) is 6.61 Å². The van der Waals surface area contributed by atoms with Gasteiger partial charge in [-0.2, -0.15) is 0 Å². The Kier molecular flexibility index (Phi) is 6.75. The molecule has 0 heterocycles. The van der Waals surface area contributed by atoms with E-state index in [2.05, 4.69) is 34.9 Å². The third kappa shape index (κ3) is 5.34. The fourth-order valence-corrected chi connectivity index (χ4v) is 5.66. The topological polar surface area (TPSA) is 105 Å². The van der Waals surface area contributed by atoms with E-state index in [1.54, 1.807) is 0 Å². The van der Waals surface area contributed by atoms with Gasteiger partial charge in [0.05, 0.1) is 0 Å². The van der Waals surface area contributed by atoms with E-state index in [-0.39, 0.29) is 36.8 Å². The Bertz CT molecular complexity index is 1070. The molecule has 0 unspecified atom stereocenters. The van der Waals surface area contributed by atoms with Crippen LogP contribution in [-0.4, -0.2) is 41.8 Å². The minimum absolute atomic E-state index is 0.00211. The minimum atomic E-state index is -0.981. The van der Waals surface area contributed by atoms with Crippen molar-refractivity contribution >= 4 is 18.0 Å². The van der Waals surface area contributed by atoms with Crippen molar-refractivity contribution in [1.82, 2.24) is 10.6 Å². The molecule has 2 aromatic carbocycles. The number of hydrogen-bond acceptors (Lipinski definition) is 4. The lowest BCUT2D eigenvalue weighted by Gasteiger charge is -2.22. The molecule has 184 valence electrons. The predicted octanol–water partition coefficient (Wildman–Crippen LogP) is 4.45. The first-order valence-corrected chi connectivity index (χ1v) is 12.6. The monoisotopic (exact) mass is 476 g/mol. The zero-order valence-electron chi connectivity index (χ0n) is 19.7. The molecular formula is C28H32N2O5. The third-order valence-corrected chi connectivity index (χ3v) is 7.65. The zero-order chi connectivity index (χ0) is 24.4. The molecule has 2 amide bonds. The van der Waals surface area contributed by atoms with E-state index in [0.29, 0.717) is 12.3 Å². The van der Waals surface area contributed by atoms with Gasteiger partial charge in [-0.05, 0) is 53.4 Å². The number of ether oxygens (including phenoxy) is 1. The maximum Gasteiger partial charge on any atom is 0.407 e. The van der Waals surface area contributed by atoms with Crippen LogP contribution in [0.5, 0.6) is 0 Å². The van der Waals surface area contributed by atoms with Crippen molar-refractivity contribution < 1.29 is 24.2 Å². The Balaban J connectivity index is 1.14. The van der Waals surface area contributed by atoms with Crippen molar-refractivity contribution in [3.05, 3.63) is 59.7 Å². The molecule has 2 saturated carbocycles. The van der Waals surface area contributed by atoms with Crippen LogP contribution in [0.3, 0.4) is 0 Å². The second-order valence-electron chi connectivity index (χ2n) is 10.1. The molecular weight excluding hydrogens is 444 g/mol. The summed E-state index contributed by atoms with van der Waals surface area (Å²) in [5, 5.41) is 15.1. The molecule has 0 aromatic heterocycles. The highest BCUT2D eigenvalue weighted by Crippen LogP contribution is 2.44. The lowest BCUT2D eigenvalue weighted by Crippen LogP contribution is -2.44. The van der Waals surface area contributed by atoms with Crippen LogP contribution in [0.2, 0.25) is 0 Å². The quantitative estimate of drug-likeness (QED) is 0.496. The number of carboxylic acid groups (broad SMARTS) is 1. The first kappa shape index (κ1) is 23.4. The summed E-state index contributed by atoms with van der Waals surface area (Å²) in [6.45, 7) is 0.249. The van der Waals surface area contributed by atoms with Crippen LogP contribution >= 0.6 is 0 Å². The van der Waals surface area contributed by atoms with E-state index in [4.69, 9.17) is 4.74 Å². The number of carbonyl (C=O) groups is 3. The number of nitrogens with one attached hydrogen (secondary N) is 2. The number of carboxylic acids is 1. The van der Waals surface area contributed by atoms with Gasteiger partial charge >= 0.3 is 12.1 Å². The zero-order valence-corrected chi connectivity index (χ0v) is 19.7. The Hall–Kier alpha value is -3.35. The Labute approximate surface area is 205 Å². The standard InChI is InChI=1S/C28H32N2O5/c31-26(29-25(27(32)33)14-17-12-13-17)15-18-6-5-11-24(18)30-28(34)35-16-23-21-9-3-1-7-19(21)20-8-2-4-10-22(20)23/h1-4,7-10,17-18,23-25H,5-6,11-16H2,(H,29,31)(H,30,34)(H,32,33)/t18-,24+,25-/m0/s1. The van der Waals surface area contributed by atoms with Gasteiger partial charge in [-0.1, -0.05) is 67.8 Å². The molecule has 2 aromatic rings. The number of rotatable bonds is 9. The third-order valence-electron chi connectivity index (χ3n) is 7.65. The molecule has 0 aliphatic heterocycles. The number of carbonyl (C=O) groups excluding carboxylic acids is 2. The number of amides is 2. The molecule has 3 aliphatic carbocycles. The highest BCUT2D eigenvalue weighted by Gasteiger charge is 2.34. The van der Waals surface area contributed by atoms with Crippen LogP contribution in [0.4, 0.5) is 4.79 Å². The Morgan fingerprint density at radius 1 is 0.943 bits per heavy atom. The predicted molar refractivity (Wildman–Crippen MR) is 131 cm³/mol. The molecule has 35 heavy (non-hydrogen) atoms. The second kappa shape index (κ2) is 10.1. The smallest absolute Gasteiger partial charge is 0.407 e. The van der Waals surface area contributed by atoms with E-state index in [9.17, 15) is 19.5 Å².